The maximum atomic E-state index is 5.28. The number of hydrogen-bond acceptors (Lipinski definition) is 1. The first-order valence-electron chi connectivity index (χ1n) is 3.68. The molecule has 1 heteroatoms. The first kappa shape index (κ1) is 7.07. The summed E-state index contributed by atoms with van der Waals surface area (Å²) < 4.78 is 5.28. The molecule has 0 N–H and O–H groups in total. The van der Waals surface area contributed by atoms with Crippen LogP contribution >= 0.6 is 0 Å². The average Bonchev–Trinajstić information content (AvgIpc) is 2.08. The second kappa shape index (κ2) is 2.30. The quantitative estimate of drug-likeness (QED) is 0.485. The van der Waals surface area contributed by atoms with Crippen LogP contribution in [0.15, 0.2) is 0 Å². The summed E-state index contributed by atoms with van der Waals surface area (Å²) in [5.41, 5.74) is 0.455. The summed E-state index contributed by atoms with van der Waals surface area (Å²) in [6, 6.07) is 0. The van der Waals surface area contributed by atoms with E-state index in [1.807, 2.05) is 0 Å². The zero-order valence-corrected chi connectivity index (χ0v) is 6.61. The lowest BCUT2D eigenvalue weighted by Gasteiger charge is -2.24. The predicted octanol–water partition coefficient (Wildman–Crippen LogP) is 2.07. The van der Waals surface area contributed by atoms with E-state index in [4.69, 9.17) is 4.74 Å². The van der Waals surface area contributed by atoms with Crippen molar-refractivity contribution >= 4 is 0 Å². The van der Waals surface area contributed by atoms with E-state index in [-0.39, 0.29) is 0 Å². The molecule has 9 heavy (non-hydrogen) atoms. The Morgan fingerprint density at radius 2 is 2.00 bits per heavy atom. The topological polar surface area (TPSA) is 9.23 Å². The Bertz CT molecular complexity index is 85.2. The Morgan fingerprint density at radius 3 is 2.22 bits per heavy atom. The minimum Gasteiger partial charge on any atom is -0.381 e. The third kappa shape index (κ3) is 1.68. The van der Waals surface area contributed by atoms with Gasteiger partial charge in [0.2, 0.25) is 0 Å². The van der Waals surface area contributed by atoms with Crippen molar-refractivity contribution in [2.24, 2.45) is 11.3 Å². The average molecular weight is 128 g/mol. The molecule has 0 aromatic rings. The van der Waals surface area contributed by atoms with Crippen LogP contribution in [0.5, 0.6) is 0 Å². The lowest BCUT2D eigenvalue weighted by Crippen LogP contribution is -2.19. The third-order valence-corrected chi connectivity index (χ3v) is 2.15. The van der Waals surface area contributed by atoms with Crippen LogP contribution in [0.1, 0.15) is 27.2 Å². The van der Waals surface area contributed by atoms with Crippen molar-refractivity contribution in [3.05, 3.63) is 0 Å². The Labute approximate surface area is 57.4 Å². The summed E-state index contributed by atoms with van der Waals surface area (Å²) in [4.78, 5) is 0. The second-order valence-electron chi connectivity index (χ2n) is 3.93. The molecule has 1 aliphatic heterocycles. The maximum Gasteiger partial charge on any atom is 0.0500 e. The van der Waals surface area contributed by atoms with Gasteiger partial charge in [-0.2, -0.15) is 0 Å². The van der Waals surface area contributed by atoms with Crippen LogP contribution in [0.4, 0.5) is 0 Å². The Morgan fingerprint density at radius 1 is 1.33 bits per heavy atom. The van der Waals surface area contributed by atoms with Gasteiger partial charge in [-0.3, -0.25) is 0 Å². The fourth-order valence-corrected chi connectivity index (χ4v) is 1.22. The zero-order chi connectivity index (χ0) is 6.91. The Balaban J connectivity index is 2.42. The summed E-state index contributed by atoms with van der Waals surface area (Å²) in [5, 5.41) is 0. The van der Waals surface area contributed by atoms with Gasteiger partial charge in [0.15, 0.2) is 0 Å². The second-order valence-corrected chi connectivity index (χ2v) is 3.93. The predicted molar refractivity (Wildman–Crippen MR) is 38.4 cm³/mol. The SMILES string of the molecule is CC(C)(C)C1CCOC1. The molecule has 1 atom stereocenters. The summed E-state index contributed by atoms with van der Waals surface area (Å²) in [7, 11) is 0. The molecule has 1 aliphatic rings. The van der Waals surface area contributed by atoms with Crippen molar-refractivity contribution in [3.8, 4) is 0 Å². The maximum absolute atomic E-state index is 5.28. The van der Waals surface area contributed by atoms with Crippen molar-refractivity contribution in [1.82, 2.24) is 0 Å². The molecular weight excluding hydrogens is 112 g/mol. The molecule has 0 saturated carbocycles. The summed E-state index contributed by atoms with van der Waals surface area (Å²) >= 11 is 0. The third-order valence-electron chi connectivity index (χ3n) is 2.15. The van der Waals surface area contributed by atoms with Crippen molar-refractivity contribution in [2.45, 2.75) is 27.2 Å². The number of hydrogen-bond donors (Lipinski definition) is 0. The first-order chi connectivity index (χ1) is 4.11. The highest BCUT2D eigenvalue weighted by Gasteiger charge is 2.27. The van der Waals surface area contributed by atoms with Gasteiger partial charge in [-0.25, -0.2) is 0 Å². The smallest absolute Gasteiger partial charge is 0.0500 e. The van der Waals surface area contributed by atoms with Crippen molar-refractivity contribution in [2.75, 3.05) is 13.2 Å². The minimum atomic E-state index is 0.455. The largest absolute Gasteiger partial charge is 0.381 e. The molecule has 1 unspecified atom stereocenters. The van der Waals surface area contributed by atoms with Crippen LogP contribution in [-0.2, 0) is 4.74 Å². The normalized spacial score (nSPS) is 29.0. The lowest BCUT2D eigenvalue weighted by molar-refractivity contribution is 0.152. The van der Waals surface area contributed by atoms with Crippen molar-refractivity contribution in [1.29, 1.82) is 0 Å². The van der Waals surface area contributed by atoms with Gasteiger partial charge in [0.25, 0.3) is 0 Å². The molecule has 1 saturated heterocycles. The number of rotatable bonds is 0. The standard InChI is InChI=1S/C8H16O/c1-8(2,3)7-4-5-9-6-7/h7H,4-6H2,1-3H3. The summed E-state index contributed by atoms with van der Waals surface area (Å²) in [6.07, 6.45) is 1.25. The van der Waals surface area contributed by atoms with Crippen LogP contribution in [0, 0.1) is 11.3 Å². The van der Waals surface area contributed by atoms with Gasteiger partial charge in [-0.1, -0.05) is 20.8 Å². The van der Waals surface area contributed by atoms with Crippen LogP contribution in [0.3, 0.4) is 0 Å². The molecule has 0 aromatic heterocycles. The molecule has 54 valence electrons. The summed E-state index contributed by atoms with van der Waals surface area (Å²) in [5.74, 6) is 0.789. The van der Waals surface area contributed by atoms with E-state index in [0.29, 0.717) is 5.41 Å². The van der Waals surface area contributed by atoms with Gasteiger partial charge in [0, 0.05) is 13.2 Å². The van der Waals surface area contributed by atoms with E-state index in [1.165, 1.54) is 6.42 Å². The minimum absolute atomic E-state index is 0.455. The molecule has 1 fully saturated rings. The summed E-state index contributed by atoms with van der Waals surface area (Å²) in [6.45, 7) is 8.80. The van der Waals surface area contributed by atoms with Gasteiger partial charge in [-0.05, 0) is 17.8 Å². The van der Waals surface area contributed by atoms with Gasteiger partial charge in [0.1, 0.15) is 0 Å². The lowest BCUT2D eigenvalue weighted by atomic mass is 9.80. The molecule has 0 aliphatic carbocycles. The van der Waals surface area contributed by atoms with E-state index in [2.05, 4.69) is 20.8 Å². The molecule has 1 nitrogen and oxygen atoms in total. The highest BCUT2D eigenvalue weighted by Crippen LogP contribution is 2.31. The van der Waals surface area contributed by atoms with E-state index in [0.717, 1.165) is 19.1 Å². The van der Waals surface area contributed by atoms with E-state index in [9.17, 15) is 0 Å². The highest BCUT2D eigenvalue weighted by molar-refractivity contribution is 4.76. The van der Waals surface area contributed by atoms with Gasteiger partial charge in [0.05, 0.1) is 0 Å². The monoisotopic (exact) mass is 128 g/mol. The van der Waals surface area contributed by atoms with E-state index < -0.39 is 0 Å². The van der Waals surface area contributed by atoms with Crippen LogP contribution in [0.2, 0.25) is 0 Å². The molecule has 0 bridgehead atoms. The fraction of sp³-hybridized carbons (Fsp3) is 1.00. The number of ether oxygens (including phenoxy) is 1. The fourth-order valence-electron chi connectivity index (χ4n) is 1.22. The van der Waals surface area contributed by atoms with Gasteiger partial charge < -0.3 is 4.74 Å². The Kier molecular flexibility index (Phi) is 1.80. The van der Waals surface area contributed by atoms with Crippen LogP contribution in [0.25, 0.3) is 0 Å². The van der Waals surface area contributed by atoms with Crippen LogP contribution < -0.4 is 0 Å². The molecule has 0 radical (unpaired) electrons. The molecular formula is C8H16O. The van der Waals surface area contributed by atoms with E-state index in [1.54, 1.807) is 0 Å². The highest BCUT2D eigenvalue weighted by atomic mass is 16.5. The Hall–Kier alpha value is -0.0400. The molecule has 0 spiro atoms. The molecule has 0 amide bonds. The van der Waals surface area contributed by atoms with Gasteiger partial charge >= 0.3 is 0 Å². The first-order valence-corrected chi connectivity index (χ1v) is 3.68. The molecule has 0 aromatic carbocycles. The zero-order valence-electron chi connectivity index (χ0n) is 6.61. The van der Waals surface area contributed by atoms with E-state index >= 15 is 0 Å². The van der Waals surface area contributed by atoms with Gasteiger partial charge in [-0.15, -0.1) is 0 Å². The molecule has 1 heterocycles. The van der Waals surface area contributed by atoms with Crippen LogP contribution in [-0.4, -0.2) is 13.2 Å². The molecule has 1 rings (SSSR count). The van der Waals surface area contributed by atoms with Crippen molar-refractivity contribution < 1.29 is 4.74 Å². The van der Waals surface area contributed by atoms with Crippen molar-refractivity contribution in [3.63, 3.8) is 0 Å².